The maximum atomic E-state index is 9.82. The van der Waals surface area contributed by atoms with E-state index in [2.05, 4.69) is 62.3 Å². The van der Waals surface area contributed by atoms with Gasteiger partial charge in [0.05, 0.1) is 18.4 Å². The first-order chi connectivity index (χ1) is 12.7. The van der Waals surface area contributed by atoms with Gasteiger partial charge in [-0.3, -0.25) is 5.10 Å². The molecule has 1 aliphatic carbocycles. The maximum absolute atomic E-state index is 9.82. The van der Waals surface area contributed by atoms with Crippen molar-refractivity contribution in [3.63, 3.8) is 0 Å². The van der Waals surface area contributed by atoms with Gasteiger partial charge in [0, 0.05) is 11.8 Å². The van der Waals surface area contributed by atoms with Gasteiger partial charge in [-0.2, -0.15) is 5.10 Å². The Morgan fingerprint density at radius 2 is 1.85 bits per heavy atom. The molecule has 4 nitrogen and oxygen atoms in total. The summed E-state index contributed by atoms with van der Waals surface area (Å²) in [4.78, 5) is 0. The second-order valence-corrected chi connectivity index (χ2v) is 14.3. The highest BCUT2D eigenvalue weighted by molar-refractivity contribution is 6.74. The third-order valence-corrected chi connectivity index (χ3v) is 11.0. The molecule has 0 amide bonds. The standard InChI is InChI=1S/C22H34N2O2Si/c1-22(2,3)27(4,5)26-15-18-14-17(16-6-9-19(25)10-7-16)8-11-20(18)21-12-13-23-24-21/h8,11-14,16,19,25H,6-7,9-10,15H2,1-5H3,(H,23,24). The van der Waals surface area contributed by atoms with Gasteiger partial charge in [0.15, 0.2) is 8.32 Å². The Balaban J connectivity index is 1.87. The van der Waals surface area contributed by atoms with E-state index < -0.39 is 8.32 Å². The van der Waals surface area contributed by atoms with Gasteiger partial charge < -0.3 is 9.53 Å². The average Bonchev–Trinajstić information content (AvgIpc) is 3.14. The van der Waals surface area contributed by atoms with E-state index in [0.717, 1.165) is 31.4 Å². The van der Waals surface area contributed by atoms with Gasteiger partial charge in [-0.05, 0) is 66.9 Å². The Kier molecular flexibility index (Phi) is 5.94. The Morgan fingerprint density at radius 3 is 2.44 bits per heavy atom. The maximum Gasteiger partial charge on any atom is 0.192 e. The molecule has 1 aromatic heterocycles. The fraction of sp³-hybridized carbons (Fsp3) is 0.591. The van der Waals surface area contributed by atoms with Gasteiger partial charge in [0.1, 0.15) is 0 Å². The van der Waals surface area contributed by atoms with Gasteiger partial charge in [0.25, 0.3) is 0 Å². The lowest BCUT2D eigenvalue weighted by atomic mass is 9.82. The summed E-state index contributed by atoms with van der Waals surface area (Å²) in [6.45, 7) is 12.1. The summed E-state index contributed by atoms with van der Waals surface area (Å²) in [7, 11) is -1.82. The van der Waals surface area contributed by atoms with Crippen LogP contribution in [0.5, 0.6) is 0 Å². The van der Waals surface area contributed by atoms with Crippen LogP contribution in [0.4, 0.5) is 0 Å². The van der Waals surface area contributed by atoms with Crippen LogP contribution < -0.4 is 0 Å². The number of hydrogen-bond acceptors (Lipinski definition) is 3. The lowest BCUT2D eigenvalue weighted by Gasteiger charge is -2.36. The van der Waals surface area contributed by atoms with Crippen molar-refractivity contribution in [2.24, 2.45) is 0 Å². The van der Waals surface area contributed by atoms with Crippen molar-refractivity contribution in [3.05, 3.63) is 41.6 Å². The molecule has 1 saturated carbocycles. The van der Waals surface area contributed by atoms with Crippen molar-refractivity contribution in [1.29, 1.82) is 0 Å². The monoisotopic (exact) mass is 386 g/mol. The topological polar surface area (TPSA) is 58.1 Å². The predicted molar refractivity (Wildman–Crippen MR) is 113 cm³/mol. The van der Waals surface area contributed by atoms with Crippen molar-refractivity contribution in [2.75, 3.05) is 0 Å². The van der Waals surface area contributed by atoms with Crippen LogP contribution in [0.15, 0.2) is 30.5 Å². The van der Waals surface area contributed by atoms with Crippen LogP contribution in [0.25, 0.3) is 11.3 Å². The van der Waals surface area contributed by atoms with Gasteiger partial charge in [-0.25, -0.2) is 0 Å². The molecule has 2 N–H and O–H groups in total. The first kappa shape index (κ1) is 20.3. The minimum atomic E-state index is -1.82. The van der Waals surface area contributed by atoms with E-state index in [9.17, 15) is 5.11 Å². The molecule has 0 spiro atoms. The van der Waals surface area contributed by atoms with Gasteiger partial charge >= 0.3 is 0 Å². The molecule has 1 aliphatic rings. The SMILES string of the molecule is CC(C)(C)[Si](C)(C)OCc1cc(C2CCC(O)CC2)ccc1-c1ccn[nH]1. The summed E-state index contributed by atoms with van der Waals surface area (Å²) in [6, 6.07) is 8.79. The van der Waals surface area contributed by atoms with E-state index in [1.807, 2.05) is 6.07 Å². The molecule has 5 heteroatoms. The Labute approximate surface area is 164 Å². The molecule has 1 fully saturated rings. The van der Waals surface area contributed by atoms with Crippen molar-refractivity contribution in [2.45, 2.75) is 83.2 Å². The molecule has 27 heavy (non-hydrogen) atoms. The molecule has 0 unspecified atom stereocenters. The second kappa shape index (κ2) is 7.90. The zero-order valence-corrected chi connectivity index (χ0v) is 18.4. The number of aromatic amines is 1. The number of H-pyrrole nitrogens is 1. The number of rotatable bonds is 5. The molecular formula is C22H34N2O2Si. The summed E-state index contributed by atoms with van der Waals surface area (Å²) in [6.07, 6.45) is 5.61. The van der Waals surface area contributed by atoms with Gasteiger partial charge in [-0.1, -0.05) is 39.0 Å². The molecule has 0 aliphatic heterocycles. The number of aliphatic hydroxyl groups is 1. The first-order valence-corrected chi connectivity index (χ1v) is 13.0. The van der Waals surface area contributed by atoms with E-state index in [0.29, 0.717) is 12.5 Å². The highest BCUT2D eigenvalue weighted by Crippen LogP contribution is 2.39. The van der Waals surface area contributed by atoms with Crippen LogP contribution in [0.3, 0.4) is 0 Å². The Morgan fingerprint density at radius 1 is 1.15 bits per heavy atom. The van der Waals surface area contributed by atoms with Crippen LogP contribution in [0.2, 0.25) is 18.1 Å². The molecule has 0 radical (unpaired) electrons. The quantitative estimate of drug-likeness (QED) is 0.656. The summed E-state index contributed by atoms with van der Waals surface area (Å²) in [5.41, 5.74) is 4.81. The van der Waals surface area contributed by atoms with E-state index >= 15 is 0 Å². The summed E-state index contributed by atoms with van der Waals surface area (Å²) >= 11 is 0. The van der Waals surface area contributed by atoms with E-state index in [4.69, 9.17) is 4.43 Å². The number of aromatic nitrogens is 2. The minimum Gasteiger partial charge on any atom is -0.413 e. The normalized spacial score (nSPS) is 21.4. The van der Waals surface area contributed by atoms with E-state index in [1.165, 1.54) is 16.7 Å². The number of benzene rings is 1. The van der Waals surface area contributed by atoms with Crippen LogP contribution in [0, 0.1) is 0 Å². The molecule has 1 heterocycles. The zero-order valence-electron chi connectivity index (χ0n) is 17.4. The molecule has 0 bridgehead atoms. The Bertz CT molecular complexity index is 742. The third kappa shape index (κ3) is 4.70. The molecule has 148 valence electrons. The number of hydrogen-bond donors (Lipinski definition) is 2. The van der Waals surface area contributed by atoms with Crippen molar-refractivity contribution >= 4 is 8.32 Å². The van der Waals surface area contributed by atoms with Crippen molar-refractivity contribution in [3.8, 4) is 11.3 Å². The molecule has 0 saturated heterocycles. The highest BCUT2D eigenvalue weighted by Gasteiger charge is 2.37. The van der Waals surface area contributed by atoms with E-state index in [-0.39, 0.29) is 11.1 Å². The number of nitrogens with one attached hydrogen (secondary N) is 1. The summed E-state index contributed by atoms with van der Waals surface area (Å²) < 4.78 is 6.54. The van der Waals surface area contributed by atoms with Crippen LogP contribution in [0.1, 0.15) is 63.5 Å². The summed E-state index contributed by atoms with van der Waals surface area (Å²) in [5.74, 6) is 0.538. The lowest BCUT2D eigenvalue weighted by molar-refractivity contribution is 0.122. The Hall–Kier alpha value is -1.43. The minimum absolute atomic E-state index is 0.119. The van der Waals surface area contributed by atoms with Crippen LogP contribution in [-0.2, 0) is 11.0 Å². The molecule has 0 atom stereocenters. The second-order valence-electron chi connectivity index (χ2n) is 9.44. The molecule has 1 aromatic carbocycles. The zero-order chi connectivity index (χ0) is 19.7. The predicted octanol–water partition coefficient (Wildman–Crippen LogP) is 5.62. The lowest BCUT2D eigenvalue weighted by Crippen LogP contribution is -2.40. The number of nitrogens with zero attached hydrogens (tertiary/aromatic N) is 1. The third-order valence-electron chi connectivity index (χ3n) is 6.48. The van der Waals surface area contributed by atoms with Crippen LogP contribution in [-0.4, -0.2) is 29.7 Å². The number of aliphatic hydroxyl groups excluding tert-OH is 1. The largest absolute Gasteiger partial charge is 0.413 e. The van der Waals surface area contributed by atoms with Crippen LogP contribution >= 0.6 is 0 Å². The summed E-state index contributed by atoms with van der Waals surface area (Å²) in [5, 5.41) is 17.2. The van der Waals surface area contributed by atoms with Crippen molar-refractivity contribution in [1.82, 2.24) is 10.2 Å². The highest BCUT2D eigenvalue weighted by atomic mass is 28.4. The fourth-order valence-electron chi connectivity index (χ4n) is 3.54. The van der Waals surface area contributed by atoms with Gasteiger partial charge in [0.2, 0.25) is 0 Å². The fourth-order valence-corrected chi connectivity index (χ4v) is 4.49. The molecule has 3 rings (SSSR count). The van der Waals surface area contributed by atoms with Crippen molar-refractivity contribution < 1.29 is 9.53 Å². The van der Waals surface area contributed by atoms with Gasteiger partial charge in [-0.15, -0.1) is 0 Å². The average molecular weight is 387 g/mol. The molecule has 2 aromatic rings. The van der Waals surface area contributed by atoms with E-state index in [1.54, 1.807) is 6.20 Å². The first-order valence-electron chi connectivity index (χ1n) is 10.1. The molecular weight excluding hydrogens is 352 g/mol. The smallest absolute Gasteiger partial charge is 0.192 e.